The van der Waals surface area contributed by atoms with E-state index in [2.05, 4.69) is 30.3 Å². The van der Waals surface area contributed by atoms with Gasteiger partial charge in [-0.15, -0.1) is 0 Å². The fraction of sp³-hybridized carbons (Fsp3) is 0.400. The van der Waals surface area contributed by atoms with Gasteiger partial charge in [-0.1, -0.05) is 19.9 Å². The van der Waals surface area contributed by atoms with Crippen LogP contribution in [0.2, 0.25) is 0 Å². The van der Waals surface area contributed by atoms with E-state index in [0.29, 0.717) is 6.04 Å². The highest BCUT2D eigenvalue weighted by atomic mass is 16.3. The summed E-state index contributed by atoms with van der Waals surface area (Å²) in [6.07, 6.45) is 4.29. The zero-order valence-corrected chi connectivity index (χ0v) is 11.2. The summed E-state index contributed by atoms with van der Waals surface area (Å²) in [6.45, 7) is 4.19. The van der Waals surface area contributed by atoms with Crippen LogP contribution in [-0.2, 0) is 0 Å². The van der Waals surface area contributed by atoms with Crippen molar-refractivity contribution >= 4 is 5.69 Å². The molecule has 0 aliphatic heterocycles. The molecule has 1 saturated carbocycles. The molecule has 3 rings (SSSR count). The monoisotopic (exact) mass is 257 g/mol. The average Bonchev–Trinajstić information content (AvgIpc) is 2.93. The first-order valence-electron chi connectivity index (χ1n) is 6.62. The van der Waals surface area contributed by atoms with Gasteiger partial charge in [-0.25, -0.2) is 4.68 Å². The normalized spacial score (nSPS) is 24.8. The predicted molar refractivity (Wildman–Crippen MR) is 75.4 cm³/mol. The summed E-state index contributed by atoms with van der Waals surface area (Å²) in [5, 5.41) is 17.5. The molecule has 2 atom stereocenters. The van der Waals surface area contributed by atoms with Gasteiger partial charge in [-0.3, -0.25) is 0 Å². The summed E-state index contributed by atoms with van der Waals surface area (Å²) >= 11 is 0. The molecule has 1 aromatic carbocycles. The van der Waals surface area contributed by atoms with Crippen LogP contribution in [-0.4, -0.2) is 27.0 Å². The molecule has 0 saturated heterocycles. The van der Waals surface area contributed by atoms with E-state index < -0.39 is 0 Å². The Kier molecular flexibility index (Phi) is 2.82. The lowest BCUT2D eigenvalue weighted by atomic mass is 9.64. The molecule has 1 aliphatic rings. The molecule has 0 bridgehead atoms. The molecule has 2 unspecified atom stereocenters. The van der Waals surface area contributed by atoms with E-state index in [1.807, 2.05) is 35.1 Å². The average molecular weight is 257 g/mol. The Morgan fingerprint density at radius 2 is 2.21 bits per heavy atom. The first-order chi connectivity index (χ1) is 9.07. The molecule has 19 heavy (non-hydrogen) atoms. The fourth-order valence-corrected chi connectivity index (χ4v) is 2.51. The van der Waals surface area contributed by atoms with Crippen LogP contribution >= 0.6 is 0 Å². The molecule has 1 heterocycles. The van der Waals surface area contributed by atoms with Crippen LogP contribution in [0.3, 0.4) is 0 Å². The maximum absolute atomic E-state index is 9.77. The number of aliphatic hydroxyl groups is 1. The van der Waals surface area contributed by atoms with Crippen molar-refractivity contribution < 1.29 is 5.11 Å². The molecule has 1 aromatic heterocycles. The third-order valence-corrected chi connectivity index (χ3v) is 4.17. The Morgan fingerprint density at radius 3 is 2.84 bits per heavy atom. The van der Waals surface area contributed by atoms with Crippen LogP contribution in [0.4, 0.5) is 5.69 Å². The van der Waals surface area contributed by atoms with Gasteiger partial charge < -0.3 is 10.4 Å². The standard InChI is InChI=1S/C15H19N3O/c1-15(2)13(10-14(15)19)17-11-5-3-6-12(9-11)18-8-4-7-16-18/h3-9,13-14,17,19H,10H2,1-2H3. The predicted octanol–water partition coefficient (Wildman–Crippen LogP) is 2.44. The number of hydrogen-bond acceptors (Lipinski definition) is 3. The van der Waals surface area contributed by atoms with Crippen LogP contribution in [0, 0.1) is 5.41 Å². The quantitative estimate of drug-likeness (QED) is 0.888. The summed E-state index contributed by atoms with van der Waals surface area (Å²) in [4.78, 5) is 0. The number of aliphatic hydroxyl groups excluding tert-OH is 1. The Balaban J connectivity index is 1.78. The number of benzene rings is 1. The lowest BCUT2D eigenvalue weighted by molar-refractivity contribution is -0.0510. The molecule has 100 valence electrons. The van der Waals surface area contributed by atoms with Crippen molar-refractivity contribution in [3.63, 3.8) is 0 Å². The second-order valence-corrected chi connectivity index (χ2v) is 5.77. The summed E-state index contributed by atoms with van der Waals surface area (Å²) in [5.74, 6) is 0. The molecule has 2 N–H and O–H groups in total. The van der Waals surface area contributed by atoms with E-state index in [-0.39, 0.29) is 11.5 Å². The van der Waals surface area contributed by atoms with Gasteiger partial charge >= 0.3 is 0 Å². The zero-order valence-electron chi connectivity index (χ0n) is 11.2. The molecule has 4 heteroatoms. The smallest absolute Gasteiger partial charge is 0.0666 e. The minimum atomic E-state index is -0.209. The summed E-state index contributed by atoms with van der Waals surface area (Å²) in [5.41, 5.74) is 2.03. The Labute approximate surface area is 113 Å². The zero-order chi connectivity index (χ0) is 13.5. The summed E-state index contributed by atoms with van der Waals surface area (Å²) in [7, 11) is 0. The minimum Gasteiger partial charge on any atom is -0.392 e. The van der Waals surface area contributed by atoms with E-state index in [4.69, 9.17) is 0 Å². The topological polar surface area (TPSA) is 50.1 Å². The molecule has 1 fully saturated rings. The van der Waals surface area contributed by atoms with E-state index in [1.54, 1.807) is 6.20 Å². The molecule has 0 spiro atoms. The van der Waals surface area contributed by atoms with Gasteiger partial charge in [0.15, 0.2) is 0 Å². The van der Waals surface area contributed by atoms with Crippen LogP contribution < -0.4 is 5.32 Å². The second kappa shape index (κ2) is 4.38. The van der Waals surface area contributed by atoms with Gasteiger partial charge in [0.1, 0.15) is 0 Å². The fourth-order valence-electron chi connectivity index (χ4n) is 2.51. The van der Waals surface area contributed by atoms with Gasteiger partial charge in [0.2, 0.25) is 0 Å². The first kappa shape index (κ1) is 12.2. The SMILES string of the molecule is CC1(C)C(O)CC1Nc1cccc(-n2cccn2)c1. The lowest BCUT2D eigenvalue weighted by Gasteiger charge is -2.49. The van der Waals surface area contributed by atoms with Crippen molar-refractivity contribution in [1.82, 2.24) is 9.78 Å². The van der Waals surface area contributed by atoms with Crippen molar-refractivity contribution in [2.45, 2.75) is 32.4 Å². The Bertz CT molecular complexity index is 563. The Hall–Kier alpha value is -1.81. The van der Waals surface area contributed by atoms with Crippen LogP contribution in [0.25, 0.3) is 5.69 Å². The van der Waals surface area contributed by atoms with Gasteiger partial charge in [-0.2, -0.15) is 5.10 Å². The molecule has 1 aliphatic carbocycles. The van der Waals surface area contributed by atoms with Crippen molar-refractivity contribution in [2.24, 2.45) is 5.41 Å². The van der Waals surface area contributed by atoms with E-state index in [0.717, 1.165) is 17.8 Å². The molecular weight excluding hydrogens is 238 g/mol. The summed E-state index contributed by atoms with van der Waals surface area (Å²) in [6, 6.07) is 10.4. The van der Waals surface area contributed by atoms with Crippen molar-refractivity contribution in [2.75, 3.05) is 5.32 Å². The van der Waals surface area contributed by atoms with Crippen LogP contribution in [0.5, 0.6) is 0 Å². The van der Waals surface area contributed by atoms with Gasteiger partial charge in [0, 0.05) is 29.5 Å². The highest BCUT2D eigenvalue weighted by molar-refractivity contribution is 5.52. The number of rotatable bonds is 3. The molecule has 2 aromatic rings. The third-order valence-electron chi connectivity index (χ3n) is 4.17. The summed E-state index contributed by atoms with van der Waals surface area (Å²) < 4.78 is 1.84. The molecule has 0 radical (unpaired) electrons. The maximum atomic E-state index is 9.77. The highest BCUT2D eigenvalue weighted by Crippen LogP contribution is 2.42. The van der Waals surface area contributed by atoms with Crippen molar-refractivity contribution in [3.8, 4) is 5.69 Å². The second-order valence-electron chi connectivity index (χ2n) is 5.77. The van der Waals surface area contributed by atoms with Crippen LogP contribution in [0.15, 0.2) is 42.7 Å². The van der Waals surface area contributed by atoms with E-state index in [9.17, 15) is 5.11 Å². The van der Waals surface area contributed by atoms with Crippen molar-refractivity contribution in [3.05, 3.63) is 42.7 Å². The molecule has 4 nitrogen and oxygen atoms in total. The first-order valence-corrected chi connectivity index (χ1v) is 6.62. The number of hydrogen-bond donors (Lipinski definition) is 2. The highest BCUT2D eigenvalue weighted by Gasteiger charge is 2.47. The largest absolute Gasteiger partial charge is 0.392 e. The number of nitrogens with one attached hydrogen (secondary N) is 1. The number of anilines is 1. The minimum absolute atomic E-state index is 0.0678. The van der Waals surface area contributed by atoms with Gasteiger partial charge in [0.25, 0.3) is 0 Å². The number of nitrogens with zero attached hydrogens (tertiary/aromatic N) is 2. The van der Waals surface area contributed by atoms with Crippen LogP contribution in [0.1, 0.15) is 20.3 Å². The van der Waals surface area contributed by atoms with E-state index in [1.165, 1.54) is 0 Å². The maximum Gasteiger partial charge on any atom is 0.0666 e. The van der Waals surface area contributed by atoms with Crippen molar-refractivity contribution in [1.29, 1.82) is 0 Å². The lowest BCUT2D eigenvalue weighted by Crippen LogP contribution is -2.56. The molecular formula is C15H19N3O. The third kappa shape index (κ3) is 2.12. The number of aromatic nitrogens is 2. The van der Waals surface area contributed by atoms with Gasteiger partial charge in [0.05, 0.1) is 11.8 Å². The van der Waals surface area contributed by atoms with E-state index >= 15 is 0 Å². The van der Waals surface area contributed by atoms with Gasteiger partial charge in [-0.05, 0) is 30.7 Å². The Morgan fingerprint density at radius 1 is 1.37 bits per heavy atom. The molecule has 0 amide bonds.